The summed E-state index contributed by atoms with van der Waals surface area (Å²) in [5.74, 6) is 8.44. The van der Waals surface area contributed by atoms with Crippen molar-refractivity contribution in [2.24, 2.45) is 0 Å². The highest BCUT2D eigenvalue weighted by Crippen LogP contribution is 2.46. The van der Waals surface area contributed by atoms with Gasteiger partial charge in [-0.15, -0.1) is 0 Å². The lowest BCUT2D eigenvalue weighted by Gasteiger charge is -2.08. The van der Waals surface area contributed by atoms with E-state index in [9.17, 15) is 0 Å². The number of furan rings is 2. The van der Waals surface area contributed by atoms with Crippen LogP contribution in [0.5, 0.6) is 46.0 Å². The van der Waals surface area contributed by atoms with Gasteiger partial charge < -0.3 is 27.8 Å². The van der Waals surface area contributed by atoms with Crippen molar-refractivity contribution in [1.29, 1.82) is 0 Å². The van der Waals surface area contributed by atoms with Crippen LogP contribution in [-0.4, -0.2) is 0 Å². The fraction of sp³-hybridized carbons (Fsp3) is 0. The van der Waals surface area contributed by atoms with Crippen LogP contribution in [0.15, 0.2) is 239 Å². The molecule has 298 valence electrons. The van der Waals surface area contributed by atoms with Crippen molar-refractivity contribution in [3.63, 3.8) is 0 Å². The Balaban J connectivity index is 1.06. The summed E-state index contributed by atoms with van der Waals surface area (Å²) in [6.07, 6.45) is 0. The first kappa shape index (κ1) is 37.8. The summed E-state index contributed by atoms with van der Waals surface area (Å²) < 4.78 is 38.4. The Morgan fingerprint density at radius 3 is 0.710 bits per heavy atom. The van der Waals surface area contributed by atoms with Crippen LogP contribution in [0.4, 0.5) is 0 Å². The van der Waals surface area contributed by atoms with E-state index in [0.717, 1.165) is 79.4 Å². The number of para-hydroxylation sites is 4. The molecule has 8 aromatic carbocycles. The molecular formula is C56H38O6. The van der Waals surface area contributed by atoms with Crippen molar-refractivity contribution in [3.8, 4) is 102 Å². The van der Waals surface area contributed by atoms with Crippen LogP contribution in [0, 0.1) is 0 Å². The molecular weight excluding hydrogens is 769 g/mol. The Kier molecular flexibility index (Phi) is 10.6. The molecule has 2 heterocycles. The van der Waals surface area contributed by atoms with Crippen molar-refractivity contribution >= 4 is 0 Å². The molecule has 0 aliphatic heterocycles. The fourth-order valence-corrected chi connectivity index (χ4v) is 7.11. The lowest BCUT2D eigenvalue weighted by atomic mass is 9.99. The number of benzene rings is 8. The summed E-state index contributed by atoms with van der Waals surface area (Å²) in [6.45, 7) is 0. The Morgan fingerprint density at radius 2 is 0.452 bits per heavy atom. The third-order valence-corrected chi connectivity index (χ3v) is 10.2. The predicted molar refractivity (Wildman–Crippen MR) is 244 cm³/mol. The van der Waals surface area contributed by atoms with E-state index in [1.165, 1.54) is 0 Å². The number of hydrogen-bond donors (Lipinski definition) is 0. The van der Waals surface area contributed by atoms with Crippen molar-refractivity contribution in [3.05, 3.63) is 231 Å². The lowest BCUT2D eigenvalue weighted by Crippen LogP contribution is -1.86. The van der Waals surface area contributed by atoms with Crippen molar-refractivity contribution in [2.75, 3.05) is 0 Å². The first-order valence-electron chi connectivity index (χ1n) is 20.3. The number of ether oxygens (including phenoxy) is 4. The van der Waals surface area contributed by atoms with Gasteiger partial charge in [0.25, 0.3) is 0 Å². The predicted octanol–water partition coefficient (Wildman–Crippen LogP) is 16.4. The molecule has 0 aliphatic carbocycles. The summed E-state index contributed by atoms with van der Waals surface area (Å²) in [6, 6.07) is 74.9. The summed E-state index contributed by atoms with van der Waals surface area (Å²) in [4.78, 5) is 0. The molecule has 0 aliphatic rings. The quantitative estimate of drug-likeness (QED) is 0.116. The molecule has 0 atom stereocenters. The van der Waals surface area contributed by atoms with Crippen molar-refractivity contribution < 1.29 is 27.8 Å². The van der Waals surface area contributed by atoms with E-state index in [-0.39, 0.29) is 0 Å². The maximum atomic E-state index is 6.91. The van der Waals surface area contributed by atoms with Crippen LogP contribution >= 0.6 is 0 Å². The second-order valence-corrected chi connectivity index (χ2v) is 14.5. The van der Waals surface area contributed by atoms with Gasteiger partial charge in [-0.05, 0) is 145 Å². The molecule has 6 heteroatoms. The molecule has 0 amide bonds. The maximum absolute atomic E-state index is 6.91. The standard InChI is InChI=1S/C56H38O6/c1-5-13-43(14-6-1)57-47-29-21-39(22-30-47)51-37-53(41-25-33-49(34-26-41)59-45-17-9-3-10-18-45)61-55(51)56-52(40-23-31-48(32-24-40)58-44-15-7-2-8-16-44)38-54(62-56)42-27-35-50(36-28-42)60-46-19-11-4-12-20-46/h1-38H. The summed E-state index contributed by atoms with van der Waals surface area (Å²) in [5.41, 5.74) is 5.33. The monoisotopic (exact) mass is 806 g/mol. The molecule has 62 heavy (non-hydrogen) atoms. The molecule has 0 unspecified atom stereocenters. The molecule has 0 spiro atoms. The number of rotatable bonds is 13. The molecule has 0 radical (unpaired) electrons. The van der Waals surface area contributed by atoms with Crippen LogP contribution in [0.3, 0.4) is 0 Å². The number of hydrogen-bond acceptors (Lipinski definition) is 6. The Bertz CT molecular complexity index is 2780. The second kappa shape index (κ2) is 17.4. The first-order chi connectivity index (χ1) is 30.7. The van der Waals surface area contributed by atoms with Crippen LogP contribution in [-0.2, 0) is 0 Å². The Labute approximate surface area is 359 Å². The Morgan fingerprint density at radius 1 is 0.226 bits per heavy atom. The largest absolute Gasteiger partial charge is 0.457 e. The van der Waals surface area contributed by atoms with Gasteiger partial charge in [-0.3, -0.25) is 0 Å². The normalized spacial score (nSPS) is 10.9. The molecule has 10 rings (SSSR count). The zero-order chi connectivity index (χ0) is 41.5. The molecule has 0 fully saturated rings. The zero-order valence-corrected chi connectivity index (χ0v) is 33.4. The van der Waals surface area contributed by atoms with Gasteiger partial charge in [0.2, 0.25) is 0 Å². The molecule has 0 saturated carbocycles. The van der Waals surface area contributed by atoms with Crippen LogP contribution in [0.1, 0.15) is 0 Å². The molecule has 0 N–H and O–H groups in total. The highest BCUT2D eigenvalue weighted by molar-refractivity contribution is 5.90. The third kappa shape index (κ3) is 8.62. The van der Waals surface area contributed by atoms with Gasteiger partial charge in [-0.1, -0.05) is 97.1 Å². The molecule has 2 aromatic heterocycles. The minimum absolute atomic E-state index is 0.580. The summed E-state index contributed by atoms with van der Waals surface area (Å²) in [7, 11) is 0. The molecule has 6 nitrogen and oxygen atoms in total. The topological polar surface area (TPSA) is 63.2 Å². The van der Waals surface area contributed by atoms with Gasteiger partial charge >= 0.3 is 0 Å². The van der Waals surface area contributed by atoms with E-state index in [4.69, 9.17) is 27.8 Å². The van der Waals surface area contributed by atoms with Gasteiger partial charge in [-0.25, -0.2) is 0 Å². The van der Waals surface area contributed by atoms with Crippen molar-refractivity contribution in [2.45, 2.75) is 0 Å². The van der Waals surface area contributed by atoms with Crippen LogP contribution in [0.25, 0.3) is 56.4 Å². The Hall–Kier alpha value is -8.48. The highest BCUT2D eigenvalue weighted by Gasteiger charge is 2.25. The lowest BCUT2D eigenvalue weighted by molar-refractivity contribution is 0.482. The second-order valence-electron chi connectivity index (χ2n) is 14.5. The van der Waals surface area contributed by atoms with Crippen LogP contribution < -0.4 is 18.9 Å². The van der Waals surface area contributed by atoms with E-state index in [1.807, 2.05) is 218 Å². The zero-order valence-electron chi connectivity index (χ0n) is 33.4. The van der Waals surface area contributed by atoms with Gasteiger partial charge in [0, 0.05) is 22.3 Å². The van der Waals surface area contributed by atoms with Gasteiger partial charge in [0.05, 0.1) is 0 Å². The third-order valence-electron chi connectivity index (χ3n) is 10.2. The van der Waals surface area contributed by atoms with Gasteiger partial charge in [-0.2, -0.15) is 0 Å². The highest BCUT2D eigenvalue weighted by atomic mass is 16.5. The minimum atomic E-state index is 0.580. The van der Waals surface area contributed by atoms with Gasteiger partial charge in [0.15, 0.2) is 11.5 Å². The summed E-state index contributed by atoms with van der Waals surface area (Å²) >= 11 is 0. The van der Waals surface area contributed by atoms with Crippen LogP contribution in [0.2, 0.25) is 0 Å². The van der Waals surface area contributed by atoms with E-state index in [0.29, 0.717) is 23.0 Å². The molecule has 10 aromatic rings. The average molecular weight is 807 g/mol. The first-order valence-corrected chi connectivity index (χ1v) is 20.3. The fourth-order valence-electron chi connectivity index (χ4n) is 7.11. The average Bonchev–Trinajstić information content (AvgIpc) is 3.98. The van der Waals surface area contributed by atoms with Gasteiger partial charge in [0.1, 0.15) is 57.5 Å². The molecule has 0 saturated heterocycles. The van der Waals surface area contributed by atoms with E-state index < -0.39 is 0 Å². The van der Waals surface area contributed by atoms with E-state index >= 15 is 0 Å². The van der Waals surface area contributed by atoms with E-state index in [1.54, 1.807) is 0 Å². The summed E-state index contributed by atoms with van der Waals surface area (Å²) in [5, 5.41) is 0. The van der Waals surface area contributed by atoms with Crippen molar-refractivity contribution in [1.82, 2.24) is 0 Å². The SMILES string of the molecule is c1ccc(Oc2ccc(-c3cc(-c4ccc(Oc5ccccc5)cc4)c(-c4oc(-c5ccc(Oc6ccccc6)cc5)cc4-c4ccc(Oc5ccccc5)cc4)o3)cc2)cc1. The maximum Gasteiger partial charge on any atom is 0.178 e. The molecule has 0 bridgehead atoms. The minimum Gasteiger partial charge on any atom is -0.457 e. The van der Waals surface area contributed by atoms with E-state index in [2.05, 4.69) is 12.1 Å². The smallest absolute Gasteiger partial charge is 0.178 e.